The van der Waals surface area contributed by atoms with E-state index < -0.39 is 0 Å². The Balaban J connectivity index is 2.17. The lowest BCUT2D eigenvalue weighted by atomic mass is 10.4. The quantitative estimate of drug-likeness (QED) is 0.522. The summed E-state index contributed by atoms with van der Waals surface area (Å²) in [6.07, 6.45) is 1.67. The number of hydrogen-bond acceptors (Lipinski definition) is 3. The number of nitriles is 1. The van der Waals surface area contributed by atoms with Crippen LogP contribution < -0.4 is 0 Å². The summed E-state index contributed by atoms with van der Waals surface area (Å²) in [7, 11) is 0. The molecule has 0 saturated carbocycles. The Morgan fingerprint density at radius 3 is 2.67 bits per heavy atom. The van der Waals surface area contributed by atoms with Gasteiger partial charge in [0.2, 0.25) is 6.29 Å². The molecule has 0 unspecified atom stereocenters. The Morgan fingerprint density at radius 2 is 2.11 bits per heavy atom. The molecule has 0 amide bonds. The standard InChI is InChI=1S/C6H8NO2/c7-3-2-6-8-4-1-5-9-6/h1-2,4-5H2. The van der Waals surface area contributed by atoms with Gasteiger partial charge in [0.15, 0.2) is 0 Å². The van der Waals surface area contributed by atoms with Gasteiger partial charge in [-0.05, 0) is 6.42 Å². The molecule has 1 heterocycles. The van der Waals surface area contributed by atoms with Gasteiger partial charge in [0, 0.05) is 0 Å². The van der Waals surface area contributed by atoms with E-state index in [4.69, 9.17) is 14.7 Å². The number of rotatable bonds is 1. The van der Waals surface area contributed by atoms with Gasteiger partial charge in [-0.15, -0.1) is 0 Å². The van der Waals surface area contributed by atoms with Crippen LogP contribution in [0.25, 0.3) is 0 Å². The fraction of sp³-hybridized carbons (Fsp3) is 0.667. The van der Waals surface area contributed by atoms with Crippen molar-refractivity contribution in [3.8, 4) is 6.07 Å². The molecule has 0 aromatic carbocycles. The average Bonchev–Trinajstić information content (AvgIpc) is 1.91. The van der Waals surface area contributed by atoms with Crippen LogP contribution in [-0.2, 0) is 9.47 Å². The van der Waals surface area contributed by atoms with Gasteiger partial charge >= 0.3 is 0 Å². The van der Waals surface area contributed by atoms with Gasteiger partial charge in [0.05, 0.1) is 25.7 Å². The minimum atomic E-state index is 0.264. The summed E-state index contributed by atoms with van der Waals surface area (Å²) in [6.45, 7) is 1.38. The Kier molecular flexibility index (Phi) is 2.49. The van der Waals surface area contributed by atoms with Crippen LogP contribution >= 0.6 is 0 Å². The third kappa shape index (κ3) is 2.00. The maximum absolute atomic E-state index is 8.19. The van der Waals surface area contributed by atoms with Crippen LogP contribution in [0.1, 0.15) is 12.8 Å². The van der Waals surface area contributed by atoms with Gasteiger partial charge in [-0.3, -0.25) is 0 Å². The SMILES string of the molecule is N#CC[C]1OCCCO1. The van der Waals surface area contributed by atoms with Gasteiger partial charge in [0.1, 0.15) is 0 Å². The van der Waals surface area contributed by atoms with Crippen LogP contribution in [0.2, 0.25) is 0 Å². The van der Waals surface area contributed by atoms with E-state index in [2.05, 4.69) is 0 Å². The van der Waals surface area contributed by atoms with Gasteiger partial charge in [-0.2, -0.15) is 5.26 Å². The molecule has 0 aliphatic carbocycles. The normalized spacial score (nSPS) is 21.2. The number of hydrogen-bond donors (Lipinski definition) is 0. The first-order valence-electron chi connectivity index (χ1n) is 2.92. The molecule has 3 heteroatoms. The summed E-state index contributed by atoms with van der Waals surface area (Å²) in [4.78, 5) is 0. The highest BCUT2D eigenvalue weighted by Crippen LogP contribution is 2.14. The molecule has 1 saturated heterocycles. The van der Waals surface area contributed by atoms with Crippen molar-refractivity contribution in [1.82, 2.24) is 0 Å². The molecule has 49 valence electrons. The second kappa shape index (κ2) is 3.44. The second-order valence-electron chi connectivity index (χ2n) is 1.76. The van der Waals surface area contributed by atoms with Gasteiger partial charge < -0.3 is 9.47 Å². The lowest BCUT2D eigenvalue weighted by molar-refractivity contribution is -0.0866. The van der Waals surface area contributed by atoms with Crippen molar-refractivity contribution in [2.45, 2.75) is 12.8 Å². The fourth-order valence-electron chi connectivity index (χ4n) is 0.639. The zero-order valence-electron chi connectivity index (χ0n) is 5.09. The van der Waals surface area contributed by atoms with E-state index in [0.29, 0.717) is 19.5 Å². The van der Waals surface area contributed by atoms with Crippen molar-refractivity contribution in [1.29, 1.82) is 5.26 Å². The first kappa shape index (κ1) is 6.53. The zero-order chi connectivity index (χ0) is 6.53. The Labute approximate surface area is 54.2 Å². The van der Waals surface area contributed by atoms with E-state index in [1.165, 1.54) is 0 Å². The zero-order valence-corrected chi connectivity index (χ0v) is 5.09. The summed E-state index contributed by atoms with van der Waals surface area (Å²) in [6, 6.07) is 1.95. The minimum absolute atomic E-state index is 0.264. The molecule has 3 nitrogen and oxygen atoms in total. The molecular formula is C6H8NO2. The van der Waals surface area contributed by atoms with Gasteiger partial charge in [0.25, 0.3) is 0 Å². The molecule has 1 aliphatic heterocycles. The molecule has 9 heavy (non-hydrogen) atoms. The molecule has 0 aromatic heterocycles. The molecule has 0 atom stereocenters. The monoisotopic (exact) mass is 126 g/mol. The Bertz CT molecular complexity index is 113. The van der Waals surface area contributed by atoms with Crippen molar-refractivity contribution in [3.05, 3.63) is 6.29 Å². The molecule has 1 rings (SSSR count). The lowest BCUT2D eigenvalue weighted by Gasteiger charge is -2.18. The molecule has 0 aromatic rings. The van der Waals surface area contributed by atoms with Crippen molar-refractivity contribution in [2.75, 3.05) is 13.2 Å². The number of ether oxygens (including phenoxy) is 2. The van der Waals surface area contributed by atoms with Crippen LogP contribution in [0.5, 0.6) is 0 Å². The maximum atomic E-state index is 8.19. The van der Waals surface area contributed by atoms with Gasteiger partial charge in [-0.25, -0.2) is 0 Å². The molecule has 1 radical (unpaired) electrons. The van der Waals surface area contributed by atoms with Crippen molar-refractivity contribution in [3.63, 3.8) is 0 Å². The molecule has 1 fully saturated rings. The minimum Gasteiger partial charge on any atom is -0.344 e. The van der Waals surface area contributed by atoms with E-state index in [1.54, 1.807) is 0 Å². The van der Waals surface area contributed by atoms with Crippen molar-refractivity contribution in [2.24, 2.45) is 0 Å². The molecular weight excluding hydrogens is 118 g/mol. The predicted octanol–water partition coefficient (Wildman–Crippen LogP) is 0.826. The van der Waals surface area contributed by atoms with Crippen LogP contribution in [-0.4, -0.2) is 13.2 Å². The molecule has 0 N–H and O–H groups in total. The first-order valence-corrected chi connectivity index (χ1v) is 2.92. The first-order chi connectivity index (χ1) is 4.43. The van der Waals surface area contributed by atoms with Crippen LogP contribution in [0.4, 0.5) is 0 Å². The Hall–Kier alpha value is -0.590. The van der Waals surface area contributed by atoms with Crippen molar-refractivity contribution < 1.29 is 9.47 Å². The topological polar surface area (TPSA) is 42.2 Å². The summed E-state index contributed by atoms with van der Waals surface area (Å²) in [5, 5.41) is 8.19. The summed E-state index contributed by atoms with van der Waals surface area (Å²) < 4.78 is 9.98. The van der Waals surface area contributed by atoms with E-state index in [9.17, 15) is 0 Å². The third-order valence-electron chi connectivity index (χ3n) is 1.04. The fourth-order valence-corrected chi connectivity index (χ4v) is 0.639. The lowest BCUT2D eigenvalue weighted by Crippen LogP contribution is -2.16. The summed E-state index contributed by atoms with van der Waals surface area (Å²) in [5.41, 5.74) is 0. The highest BCUT2D eigenvalue weighted by Gasteiger charge is 2.14. The van der Waals surface area contributed by atoms with E-state index in [-0.39, 0.29) is 6.42 Å². The molecule has 0 spiro atoms. The highest BCUT2D eigenvalue weighted by atomic mass is 16.7. The van der Waals surface area contributed by atoms with Crippen LogP contribution in [0.3, 0.4) is 0 Å². The van der Waals surface area contributed by atoms with E-state index in [1.807, 2.05) is 6.07 Å². The molecule has 1 aliphatic rings. The Morgan fingerprint density at radius 1 is 1.44 bits per heavy atom. The van der Waals surface area contributed by atoms with Crippen LogP contribution in [0.15, 0.2) is 0 Å². The number of nitrogens with zero attached hydrogens (tertiary/aromatic N) is 1. The van der Waals surface area contributed by atoms with E-state index in [0.717, 1.165) is 6.42 Å². The summed E-state index contributed by atoms with van der Waals surface area (Å²) >= 11 is 0. The predicted molar refractivity (Wildman–Crippen MR) is 30.0 cm³/mol. The smallest absolute Gasteiger partial charge is 0.238 e. The summed E-state index contributed by atoms with van der Waals surface area (Å²) in [5.74, 6) is 0. The second-order valence-corrected chi connectivity index (χ2v) is 1.76. The van der Waals surface area contributed by atoms with Crippen molar-refractivity contribution >= 4 is 0 Å². The van der Waals surface area contributed by atoms with Crippen LogP contribution in [0, 0.1) is 17.6 Å². The molecule has 0 bridgehead atoms. The maximum Gasteiger partial charge on any atom is 0.238 e. The highest BCUT2D eigenvalue weighted by molar-refractivity contribution is 4.83. The third-order valence-corrected chi connectivity index (χ3v) is 1.04. The van der Waals surface area contributed by atoms with E-state index >= 15 is 0 Å². The van der Waals surface area contributed by atoms with Gasteiger partial charge in [-0.1, -0.05) is 0 Å². The largest absolute Gasteiger partial charge is 0.344 e. The average molecular weight is 126 g/mol.